The van der Waals surface area contributed by atoms with Gasteiger partial charge in [-0.1, -0.05) is 11.6 Å². The van der Waals surface area contributed by atoms with Crippen molar-refractivity contribution in [3.8, 4) is 5.75 Å². The minimum Gasteiger partial charge on any atom is -0.494 e. The molecule has 0 bridgehead atoms. The van der Waals surface area contributed by atoms with E-state index in [4.69, 9.17) is 16.3 Å². The molecule has 0 aliphatic heterocycles. The molecule has 2 aromatic rings. The smallest absolute Gasteiger partial charge is 0.283 e. The van der Waals surface area contributed by atoms with Crippen molar-refractivity contribution in [1.82, 2.24) is 0 Å². The van der Waals surface area contributed by atoms with Crippen LogP contribution in [0.5, 0.6) is 5.75 Å². The number of hydrogen-bond donors (Lipinski definition) is 0. The Hall–Kier alpha value is -1.51. The number of ether oxygens (including phenoxy) is 1. The van der Waals surface area contributed by atoms with Crippen molar-refractivity contribution in [3.05, 3.63) is 65.3 Å². The van der Waals surface area contributed by atoms with E-state index in [9.17, 15) is 19.3 Å². The summed E-state index contributed by atoms with van der Waals surface area (Å²) >= 11 is 12.2. The molecule has 0 unspecified atom stereocenters. The summed E-state index contributed by atoms with van der Waals surface area (Å²) in [5, 5.41) is 11.3. The molecule has 0 fully saturated rings. The lowest BCUT2D eigenvalue weighted by molar-refractivity contribution is -0.385. The summed E-state index contributed by atoms with van der Waals surface area (Å²) in [6.07, 6.45) is 0. The molecule has 0 aliphatic rings. The van der Waals surface area contributed by atoms with Crippen LogP contribution in [0.2, 0.25) is 5.02 Å². The molecular formula is C14H7Br2ClFNO4. The molecule has 120 valence electrons. The van der Waals surface area contributed by atoms with Crippen molar-refractivity contribution in [3.63, 3.8) is 0 Å². The van der Waals surface area contributed by atoms with E-state index in [0.29, 0.717) is 4.47 Å². The van der Waals surface area contributed by atoms with Crippen molar-refractivity contribution >= 4 is 54.9 Å². The standard InChI is InChI=1S/C14H7Br2ClFNO4/c1-23-14-8(15)5-10(19(21)22)11(12(14)16)13(20)7-4-6(18)2-3-9(7)17/h2-5H,1H3. The molecule has 0 spiro atoms. The monoisotopic (exact) mass is 465 g/mol. The summed E-state index contributed by atoms with van der Waals surface area (Å²) in [7, 11) is 1.35. The molecule has 5 nitrogen and oxygen atoms in total. The summed E-state index contributed by atoms with van der Waals surface area (Å²) in [5.74, 6) is -1.27. The van der Waals surface area contributed by atoms with Crippen LogP contribution in [-0.4, -0.2) is 17.8 Å². The maximum Gasteiger partial charge on any atom is 0.283 e. The Morgan fingerprint density at radius 3 is 2.57 bits per heavy atom. The van der Waals surface area contributed by atoms with E-state index in [2.05, 4.69) is 31.9 Å². The molecule has 0 amide bonds. The fraction of sp³-hybridized carbons (Fsp3) is 0.0714. The number of carbonyl (C=O) groups is 1. The highest BCUT2D eigenvalue weighted by atomic mass is 79.9. The van der Waals surface area contributed by atoms with Crippen LogP contribution in [0.1, 0.15) is 15.9 Å². The van der Waals surface area contributed by atoms with Gasteiger partial charge in [-0.2, -0.15) is 0 Å². The number of nitro benzene ring substituents is 1. The van der Waals surface area contributed by atoms with Gasteiger partial charge >= 0.3 is 0 Å². The highest BCUT2D eigenvalue weighted by Crippen LogP contribution is 2.42. The molecule has 0 N–H and O–H groups in total. The number of ketones is 1. The van der Waals surface area contributed by atoms with Crippen molar-refractivity contribution in [2.45, 2.75) is 0 Å². The van der Waals surface area contributed by atoms with Gasteiger partial charge < -0.3 is 4.74 Å². The first-order valence-corrected chi connectivity index (χ1v) is 7.94. The van der Waals surface area contributed by atoms with Crippen LogP contribution in [0.15, 0.2) is 33.2 Å². The third-order valence-corrected chi connectivity index (χ3v) is 4.63. The SMILES string of the molecule is COc1c(Br)cc([N+](=O)[O-])c(C(=O)c2cc(F)ccc2Cl)c1Br. The molecule has 0 heterocycles. The van der Waals surface area contributed by atoms with Crippen molar-refractivity contribution < 1.29 is 18.8 Å². The van der Waals surface area contributed by atoms with Crippen molar-refractivity contribution in [1.29, 1.82) is 0 Å². The average Bonchev–Trinajstić information content (AvgIpc) is 2.48. The fourth-order valence-corrected chi connectivity index (χ4v) is 3.75. The zero-order valence-corrected chi connectivity index (χ0v) is 15.3. The second-order valence-electron chi connectivity index (χ2n) is 4.31. The Morgan fingerprint density at radius 1 is 1.35 bits per heavy atom. The number of halogens is 4. The summed E-state index contributed by atoms with van der Waals surface area (Å²) in [5.41, 5.74) is -0.919. The summed E-state index contributed by atoms with van der Waals surface area (Å²) < 4.78 is 18.9. The Bertz CT molecular complexity index is 829. The van der Waals surface area contributed by atoms with Crippen LogP contribution in [0.25, 0.3) is 0 Å². The topological polar surface area (TPSA) is 69.4 Å². The van der Waals surface area contributed by atoms with Gasteiger partial charge in [0.1, 0.15) is 17.1 Å². The van der Waals surface area contributed by atoms with E-state index in [-0.39, 0.29) is 26.4 Å². The molecule has 0 saturated carbocycles. The third-order valence-electron chi connectivity index (χ3n) is 2.96. The molecule has 23 heavy (non-hydrogen) atoms. The molecule has 0 radical (unpaired) electrons. The van der Waals surface area contributed by atoms with Crippen LogP contribution in [0, 0.1) is 15.9 Å². The molecule has 2 aromatic carbocycles. The maximum atomic E-state index is 13.4. The largest absolute Gasteiger partial charge is 0.494 e. The van der Waals surface area contributed by atoms with Gasteiger partial charge in [-0.05, 0) is 50.1 Å². The van der Waals surface area contributed by atoms with E-state index in [1.807, 2.05) is 0 Å². The number of hydrogen-bond acceptors (Lipinski definition) is 4. The maximum absolute atomic E-state index is 13.4. The number of methoxy groups -OCH3 is 1. The van der Waals surface area contributed by atoms with E-state index >= 15 is 0 Å². The summed E-state index contributed by atoms with van der Waals surface area (Å²) in [4.78, 5) is 23.3. The van der Waals surface area contributed by atoms with Crippen LogP contribution in [-0.2, 0) is 0 Å². The molecule has 0 atom stereocenters. The van der Waals surface area contributed by atoms with Gasteiger partial charge in [-0.25, -0.2) is 4.39 Å². The summed E-state index contributed by atoms with van der Waals surface area (Å²) in [6.45, 7) is 0. The predicted molar refractivity (Wildman–Crippen MR) is 89.9 cm³/mol. The quantitative estimate of drug-likeness (QED) is 0.354. The number of rotatable bonds is 4. The van der Waals surface area contributed by atoms with Gasteiger partial charge in [0.2, 0.25) is 5.78 Å². The zero-order valence-electron chi connectivity index (χ0n) is 11.4. The Labute approximate surface area is 151 Å². The van der Waals surface area contributed by atoms with E-state index in [0.717, 1.165) is 18.2 Å². The van der Waals surface area contributed by atoms with Crippen molar-refractivity contribution in [2.75, 3.05) is 7.11 Å². The first-order chi connectivity index (χ1) is 10.8. The van der Waals surface area contributed by atoms with Crippen molar-refractivity contribution in [2.24, 2.45) is 0 Å². The van der Waals surface area contributed by atoms with Crippen LogP contribution < -0.4 is 4.74 Å². The van der Waals surface area contributed by atoms with Gasteiger partial charge in [0, 0.05) is 11.6 Å². The van der Waals surface area contributed by atoms with Gasteiger partial charge in [-0.3, -0.25) is 14.9 Å². The lowest BCUT2D eigenvalue weighted by Gasteiger charge is -2.12. The lowest BCUT2D eigenvalue weighted by atomic mass is 10.0. The minimum atomic E-state index is -0.793. The van der Waals surface area contributed by atoms with E-state index < -0.39 is 22.2 Å². The van der Waals surface area contributed by atoms with Gasteiger partial charge in [-0.15, -0.1) is 0 Å². The fourth-order valence-electron chi connectivity index (χ4n) is 1.94. The highest BCUT2D eigenvalue weighted by molar-refractivity contribution is 9.11. The predicted octanol–water partition coefficient (Wildman–Crippen LogP) is 5.15. The second-order valence-corrected chi connectivity index (χ2v) is 6.36. The number of nitrogens with zero attached hydrogens (tertiary/aromatic N) is 1. The minimum absolute atomic E-state index is 0.0144. The molecule has 0 saturated heterocycles. The first-order valence-electron chi connectivity index (χ1n) is 5.98. The average molecular weight is 467 g/mol. The third kappa shape index (κ3) is 3.39. The number of carbonyl (C=O) groups excluding carboxylic acids is 1. The molecule has 0 aromatic heterocycles. The number of nitro groups is 1. The van der Waals surface area contributed by atoms with Crippen LogP contribution in [0.3, 0.4) is 0 Å². The second kappa shape index (κ2) is 6.94. The van der Waals surface area contributed by atoms with Gasteiger partial charge in [0.05, 0.1) is 26.0 Å². The van der Waals surface area contributed by atoms with E-state index in [1.54, 1.807) is 0 Å². The van der Waals surface area contributed by atoms with Crippen LogP contribution >= 0.6 is 43.5 Å². The zero-order chi connectivity index (χ0) is 17.3. The van der Waals surface area contributed by atoms with E-state index in [1.165, 1.54) is 13.2 Å². The molecular weight excluding hydrogens is 460 g/mol. The van der Waals surface area contributed by atoms with Gasteiger partial charge in [0.15, 0.2) is 0 Å². The lowest BCUT2D eigenvalue weighted by Crippen LogP contribution is -2.09. The Balaban J connectivity index is 2.77. The molecule has 2 rings (SSSR count). The number of benzene rings is 2. The Morgan fingerprint density at radius 2 is 2.00 bits per heavy atom. The first kappa shape index (κ1) is 17.8. The highest BCUT2D eigenvalue weighted by Gasteiger charge is 2.30. The molecule has 9 heteroatoms. The normalized spacial score (nSPS) is 10.5. The van der Waals surface area contributed by atoms with Crippen LogP contribution in [0.4, 0.5) is 10.1 Å². The summed E-state index contributed by atoms with van der Waals surface area (Å²) in [6, 6.07) is 4.37. The Kier molecular flexibility index (Phi) is 5.38. The molecule has 0 aliphatic carbocycles. The van der Waals surface area contributed by atoms with Gasteiger partial charge in [0.25, 0.3) is 5.69 Å².